The van der Waals surface area contributed by atoms with Crippen LogP contribution in [0.2, 0.25) is 0 Å². The molecule has 0 fully saturated rings. The molecule has 0 saturated heterocycles. The van der Waals surface area contributed by atoms with Crippen LogP contribution in [0.1, 0.15) is 37.5 Å². The Morgan fingerprint density at radius 1 is 1.21 bits per heavy atom. The van der Waals surface area contributed by atoms with E-state index in [1.54, 1.807) is 0 Å². The number of rotatable bonds is 1. The van der Waals surface area contributed by atoms with Gasteiger partial charge in [0, 0.05) is 23.2 Å². The van der Waals surface area contributed by atoms with Crippen LogP contribution in [0.5, 0.6) is 11.5 Å². The van der Waals surface area contributed by atoms with Gasteiger partial charge in [-0.15, -0.1) is 0 Å². The summed E-state index contributed by atoms with van der Waals surface area (Å²) in [6.07, 6.45) is 0.299. The van der Waals surface area contributed by atoms with Gasteiger partial charge in [-0.3, -0.25) is 5.32 Å². The van der Waals surface area contributed by atoms with E-state index in [-0.39, 0.29) is 0 Å². The third kappa shape index (κ3) is 3.73. The molecule has 4 nitrogen and oxygen atoms in total. The maximum atomic E-state index is 11.9. The van der Waals surface area contributed by atoms with Crippen molar-refractivity contribution in [3.63, 3.8) is 0 Å². The van der Waals surface area contributed by atoms with Crippen LogP contribution >= 0.6 is 15.9 Å². The summed E-state index contributed by atoms with van der Waals surface area (Å²) in [6, 6.07) is 9.78. The lowest BCUT2D eigenvalue weighted by Gasteiger charge is -2.23. The second-order valence-corrected chi connectivity index (χ2v) is 7.82. The fraction of sp³-hybridized carbons (Fsp3) is 0.316. The van der Waals surface area contributed by atoms with Crippen LogP contribution in [-0.4, -0.2) is 11.7 Å². The van der Waals surface area contributed by atoms with Gasteiger partial charge in [0.05, 0.1) is 4.47 Å². The smallest absolute Gasteiger partial charge is 0.412 e. The van der Waals surface area contributed by atoms with Crippen LogP contribution in [0.3, 0.4) is 0 Å². The van der Waals surface area contributed by atoms with Gasteiger partial charge in [-0.1, -0.05) is 6.07 Å². The molecule has 2 aromatic carbocycles. The van der Waals surface area contributed by atoms with E-state index < -0.39 is 11.7 Å². The predicted molar refractivity (Wildman–Crippen MR) is 98.1 cm³/mol. The van der Waals surface area contributed by atoms with E-state index in [1.807, 2.05) is 45.0 Å². The van der Waals surface area contributed by atoms with E-state index in [1.165, 1.54) is 5.56 Å². The van der Waals surface area contributed by atoms with Gasteiger partial charge in [0.2, 0.25) is 0 Å². The van der Waals surface area contributed by atoms with Gasteiger partial charge < -0.3 is 9.47 Å². The van der Waals surface area contributed by atoms with Crippen molar-refractivity contribution in [2.45, 2.75) is 39.7 Å². The molecule has 2 aromatic rings. The molecule has 0 atom stereocenters. The van der Waals surface area contributed by atoms with Crippen molar-refractivity contribution in [2.24, 2.45) is 0 Å². The van der Waals surface area contributed by atoms with Crippen LogP contribution < -0.4 is 10.1 Å². The lowest BCUT2D eigenvalue weighted by molar-refractivity contribution is 0.0636. The standard InChI is InChI=1S/C19H20BrNO3/c1-11-7-13-9-12-10-14(21-18(22)24-19(2,3)4)5-6-16(12)23-17(13)15(20)8-11/h5-8,10H,9H2,1-4H3,(H,21,22). The summed E-state index contributed by atoms with van der Waals surface area (Å²) in [6.45, 7) is 7.57. The van der Waals surface area contributed by atoms with Gasteiger partial charge in [0.25, 0.3) is 0 Å². The van der Waals surface area contributed by atoms with Crippen molar-refractivity contribution >= 4 is 27.7 Å². The molecular weight excluding hydrogens is 370 g/mol. The van der Waals surface area contributed by atoms with Crippen LogP contribution in [-0.2, 0) is 11.2 Å². The highest BCUT2D eigenvalue weighted by Gasteiger charge is 2.21. The Hall–Kier alpha value is -2.01. The number of benzene rings is 2. The molecule has 0 saturated carbocycles. The molecule has 24 heavy (non-hydrogen) atoms. The van der Waals surface area contributed by atoms with Gasteiger partial charge in [-0.05, 0) is 73.5 Å². The zero-order valence-corrected chi connectivity index (χ0v) is 15.8. The van der Waals surface area contributed by atoms with Crippen LogP contribution in [0.4, 0.5) is 10.5 Å². The molecule has 0 bridgehead atoms. The second-order valence-electron chi connectivity index (χ2n) is 6.96. The quantitative estimate of drug-likeness (QED) is 0.571. The minimum atomic E-state index is -0.524. The fourth-order valence-electron chi connectivity index (χ4n) is 2.68. The number of nitrogens with one attached hydrogen (secondary N) is 1. The molecule has 0 spiro atoms. The third-order valence-electron chi connectivity index (χ3n) is 3.56. The highest BCUT2D eigenvalue weighted by Crippen LogP contribution is 2.42. The number of hydrogen-bond acceptors (Lipinski definition) is 3. The van der Waals surface area contributed by atoms with Crippen molar-refractivity contribution in [1.82, 2.24) is 0 Å². The summed E-state index contributed by atoms with van der Waals surface area (Å²) in [4.78, 5) is 11.9. The first-order chi connectivity index (χ1) is 11.2. The van der Waals surface area contributed by atoms with Crippen LogP contribution in [0.25, 0.3) is 0 Å². The monoisotopic (exact) mass is 389 g/mol. The molecule has 3 rings (SSSR count). The van der Waals surface area contributed by atoms with Gasteiger partial charge in [0.1, 0.15) is 17.1 Å². The third-order valence-corrected chi connectivity index (χ3v) is 4.15. The largest absolute Gasteiger partial charge is 0.456 e. The molecule has 1 N–H and O–H groups in total. The Bertz CT molecular complexity index is 809. The number of aryl methyl sites for hydroxylation is 1. The van der Waals surface area contributed by atoms with Crippen molar-refractivity contribution < 1.29 is 14.3 Å². The molecule has 0 radical (unpaired) electrons. The zero-order chi connectivity index (χ0) is 17.5. The van der Waals surface area contributed by atoms with E-state index in [4.69, 9.17) is 9.47 Å². The second kappa shape index (κ2) is 6.13. The average Bonchev–Trinajstić information content (AvgIpc) is 2.43. The summed E-state index contributed by atoms with van der Waals surface area (Å²) < 4.78 is 12.3. The van der Waals surface area contributed by atoms with Gasteiger partial charge in [0.15, 0.2) is 0 Å². The number of anilines is 1. The van der Waals surface area contributed by atoms with Crippen molar-refractivity contribution in [3.8, 4) is 11.5 Å². The topological polar surface area (TPSA) is 47.6 Å². The minimum Gasteiger partial charge on any atom is -0.456 e. The lowest BCUT2D eigenvalue weighted by Crippen LogP contribution is -2.27. The van der Waals surface area contributed by atoms with E-state index in [0.717, 1.165) is 33.5 Å². The van der Waals surface area contributed by atoms with E-state index >= 15 is 0 Å². The molecule has 0 unspecified atom stereocenters. The predicted octanol–water partition coefficient (Wildman–Crippen LogP) is 5.80. The summed E-state index contributed by atoms with van der Waals surface area (Å²) in [5.74, 6) is 1.67. The Morgan fingerprint density at radius 2 is 1.96 bits per heavy atom. The first kappa shape index (κ1) is 16.8. The number of fused-ring (bicyclic) bond motifs is 2. The number of ether oxygens (including phenoxy) is 2. The Morgan fingerprint density at radius 3 is 2.67 bits per heavy atom. The summed E-state index contributed by atoms with van der Waals surface area (Å²) in [5.41, 5.74) is 3.51. The number of halogens is 1. The Balaban J connectivity index is 1.82. The zero-order valence-electron chi connectivity index (χ0n) is 14.2. The van der Waals surface area contributed by atoms with Crippen LogP contribution in [0.15, 0.2) is 34.8 Å². The van der Waals surface area contributed by atoms with Crippen molar-refractivity contribution in [3.05, 3.63) is 51.5 Å². The fourth-order valence-corrected chi connectivity index (χ4v) is 3.37. The maximum absolute atomic E-state index is 11.9. The number of carbonyl (C=O) groups excluding carboxylic acids is 1. The summed E-state index contributed by atoms with van der Waals surface area (Å²) in [5, 5.41) is 2.77. The highest BCUT2D eigenvalue weighted by molar-refractivity contribution is 9.10. The number of hydrogen-bond donors (Lipinski definition) is 1. The molecule has 1 heterocycles. The lowest BCUT2D eigenvalue weighted by atomic mass is 9.98. The molecule has 1 aliphatic heterocycles. The number of amides is 1. The Kier molecular flexibility index (Phi) is 4.30. The number of carbonyl (C=O) groups is 1. The molecular formula is C19H20BrNO3. The molecule has 1 amide bonds. The van der Waals surface area contributed by atoms with E-state index in [2.05, 4.69) is 34.2 Å². The first-order valence-corrected chi connectivity index (χ1v) is 8.60. The maximum Gasteiger partial charge on any atom is 0.412 e. The van der Waals surface area contributed by atoms with Gasteiger partial charge in [-0.25, -0.2) is 4.79 Å². The molecule has 5 heteroatoms. The van der Waals surface area contributed by atoms with Gasteiger partial charge in [-0.2, -0.15) is 0 Å². The van der Waals surface area contributed by atoms with E-state index in [9.17, 15) is 4.79 Å². The normalized spacial score (nSPS) is 12.7. The Labute approximate surface area is 150 Å². The molecule has 1 aliphatic rings. The minimum absolute atomic E-state index is 0.460. The van der Waals surface area contributed by atoms with Crippen LogP contribution in [0, 0.1) is 6.92 Å². The SMILES string of the molecule is Cc1cc(Br)c2c(c1)Cc1cc(NC(=O)OC(C)(C)C)ccc1O2. The summed E-state index contributed by atoms with van der Waals surface area (Å²) in [7, 11) is 0. The van der Waals surface area contributed by atoms with Crippen molar-refractivity contribution in [2.75, 3.05) is 5.32 Å². The highest BCUT2D eigenvalue weighted by atomic mass is 79.9. The molecule has 0 aliphatic carbocycles. The van der Waals surface area contributed by atoms with E-state index in [0.29, 0.717) is 5.69 Å². The molecule has 0 aromatic heterocycles. The van der Waals surface area contributed by atoms with Gasteiger partial charge >= 0.3 is 6.09 Å². The summed E-state index contributed by atoms with van der Waals surface area (Å²) >= 11 is 3.56. The average molecular weight is 390 g/mol. The first-order valence-electron chi connectivity index (χ1n) is 7.81. The van der Waals surface area contributed by atoms with Crippen molar-refractivity contribution in [1.29, 1.82) is 0 Å². The molecule has 126 valence electrons.